The third kappa shape index (κ3) is 2.47. The molecule has 118 valence electrons. The molecule has 23 heavy (non-hydrogen) atoms. The van der Waals surface area contributed by atoms with Gasteiger partial charge in [0.2, 0.25) is 0 Å². The van der Waals surface area contributed by atoms with Gasteiger partial charge in [-0.2, -0.15) is 0 Å². The van der Waals surface area contributed by atoms with Crippen molar-refractivity contribution >= 4 is 38.6 Å². The van der Waals surface area contributed by atoms with E-state index in [1.54, 1.807) is 12.1 Å². The van der Waals surface area contributed by atoms with Crippen LogP contribution in [0.5, 0.6) is 0 Å². The number of primary amides is 1. The van der Waals surface area contributed by atoms with E-state index in [9.17, 15) is 13.2 Å². The molecule has 0 fully saturated rings. The Morgan fingerprint density at radius 1 is 1.22 bits per heavy atom. The van der Waals surface area contributed by atoms with Gasteiger partial charge in [0, 0.05) is 12.4 Å². The normalized spacial score (nSPS) is 11.7. The van der Waals surface area contributed by atoms with Gasteiger partial charge in [0.1, 0.15) is 0 Å². The number of aromatic nitrogens is 2. The Labute approximate surface area is 137 Å². The molecule has 0 unspecified atom stereocenters. The Hall–Kier alpha value is -2.38. The molecule has 0 saturated heterocycles. The summed E-state index contributed by atoms with van der Waals surface area (Å²) in [5.41, 5.74) is 6.33. The number of pyridine rings is 1. The number of fused-ring (bicyclic) bond motifs is 1. The molecule has 1 amide bonds. The van der Waals surface area contributed by atoms with Crippen molar-refractivity contribution in [2.24, 2.45) is 5.73 Å². The van der Waals surface area contributed by atoms with Crippen molar-refractivity contribution in [3.05, 3.63) is 58.9 Å². The molecule has 3 aromatic rings. The molecule has 0 atom stereocenters. The first-order valence-corrected chi connectivity index (χ1v) is 8.42. The van der Waals surface area contributed by atoms with E-state index in [1.807, 2.05) is 6.92 Å². The molecule has 0 spiro atoms. The van der Waals surface area contributed by atoms with Gasteiger partial charge in [0.25, 0.3) is 15.9 Å². The molecule has 0 bridgehead atoms. The predicted molar refractivity (Wildman–Crippen MR) is 87.0 cm³/mol. The lowest BCUT2D eigenvalue weighted by molar-refractivity contribution is 0.100. The molecular weight excluding hydrogens is 338 g/mol. The zero-order chi connectivity index (χ0) is 16.8. The van der Waals surface area contributed by atoms with Crippen LogP contribution in [0.25, 0.3) is 11.0 Å². The van der Waals surface area contributed by atoms with Crippen molar-refractivity contribution in [1.82, 2.24) is 8.96 Å². The number of carbonyl (C=O) groups excluding carboxylic acids is 1. The summed E-state index contributed by atoms with van der Waals surface area (Å²) < 4.78 is 26.6. The molecule has 2 aromatic heterocycles. The van der Waals surface area contributed by atoms with Crippen molar-refractivity contribution in [1.29, 1.82) is 0 Å². The summed E-state index contributed by atoms with van der Waals surface area (Å²) in [4.78, 5) is 15.7. The Morgan fingerprint density at radius 3 is 2.48 bits per heavy atom. The van der Waals surface area contributed by atoms with Crippen LogP contribution >= 0.6 is 11.6 Å². The SMILES string of the molecule is Cc1ccc(S(=O)(=O)n2cc(C(N)=O)c3c(Cl)ccnc32)cc1. The maximum absolute atomic E-state index is 12.8. The van der Waals surface area contributed by atoms with E-state index in [4.69, 9.17) is 17.3 Å². The largest absolute Gasteiger partial charge is 0.366 e. The highest BCUT2D eigenvalue weighted by Crippen LogP contribution is 2.29. The maximum atomic E-state index is 12.8. The Balaban J connectivity index is 2.34. The number of amides is 1. The van der Waals surface area contributed by atoms with Gasteiger partial charge in [-0.3, -0.25) is 4.79 Å². The van der Waals surface area contributed by atoms with Crippen LogP contribution in [0.2, 0.25) is 5.02 Å². The topological polar surface area (TPSA) is 95.0 Å². The first kappa shape index (κ1) is 15.5. The average molecular weight is 350 g/mol. The van der Waals surface area contributed by atoms with Crippen LogP contribution in [0.3, 0.4) is 0 Å². The summed E-state index contributed by atoms with van der Waals surface area (Å²) in [6.45, 7) is 1.86. The summed E-state index contributed by atoms with van der Waals surface area (Å²) >= 11 is 6.08. The van der Waals surface area contributed by atoms with Crippen LogP contribution < -0.4 is 5.73 Å². The molecule has 8 heteroatoms. The van der Waals surface area contributed by atoms with Crippen LogP contribution in [0.15, 0.2) is 47.6 Å². The number of benzene rings is 1. The van der Waals surface area contributed by atoms with Crippen molar-refractivity contribution in [2.45, 2.75) is 11.8 Å². The van der Waals surface area contributed by atoms with Gasteiger partial charge in [0.15, 0.2) is 5.65 Å². The van der Waals surface area contributed by atoms with Gasteiger partial charge in [-0.05, 0) is 25.1 Å². The number of hydrogen-bond acceptors (Lipinski definition) is 4. The van der Waals surface area contributed by atoms with Crippen molar-refractivity contribution in [2.75, 3.05) is 0 Å². The predicted octanol–water partition coefficient (Wildman–Crippen LogP) is 2.33. The van der Waals surface area contributed by atoms with Gasteiger partial charge < -0.3 is 5.73 Å². The van der Waals surface area contributed by atoms with Gasteiger partial charge in [-0.25, -0.2) is 17.4 Å². The highest BCUT2D eigenvalue weighted by molar-refractivity contribution is 7.90. The fourth-order valence-corrected chi connectivity index (χ4v) is 3.84. The number of aryl methyl sites for hydroxylation is 1. The van der Waals surface area contributed by atoms with Crippen LogP contribution in [0.4, 0.5) is 0 Å². The minimum absolute atomic E-state index is 0.00814. The van der Waals surface area contributed by atoms with Crippen molar-refractivity contribution < 1.29 is 13.2 Å². The van der Waals surface area contributed by atoms with Crippen molar-refractivity contribution in [3.63, 3.8) is 0 Å². The second-order valence-electron chi connectivity index (χ2n) is 5.01. The van der Waals surface area contributed by atoms with Crippen LogP contribution in [-0.2, 0) is 10.0 Å². The molecule has 2 N–H and O–H groups in total. The molecule has 3 rings (SSSR count). The number of halogens is 1. The lowest BCUT2D eigenvalue weighted by Gasteiger charge is -2.07. The maximum Gasteiger partial charge on any atom is 0.269 e. The molecular formula is C15H12ClN3O3S. The number of rotatable bonds is 3. The zero-order valence-corrected chi connectivity index (χ0v) is 13.6. The van der Waals surface area contributed by atoms with E-state index < -0.39 is 15.9 Å². The summed E-state index contributed by atoms with van der Waals surface area (Å²) in [6, 6.07) is 7.83. The molecule has 1 aromatic carbocycles. The van der Waals surface area contributed by atoms with E-state index in [0.717, 1.165) is 15.7 Å². The molecule has 0 radical (unpaired) electrons. The molecule has 2 heterocycles. The third-order valence-corrected chi connectivity index (χ3v) is 5.43. The molecule has 0 aliphatic carbocycles. The Morgan fingerprint density at radius 2 is 1.87 bits per heavy atom. The van der Waals surface area contributed by atoms with E-state index in [1.165, 1.54) is 24.4 Å². The number of nitrogens with two attached hydrogens (primary N) is 1. The summed E-state index contributed by atoms with van der Waals surface area (Å²) in [5, 5.41) is 0.430. The summed E-state index contributed by atoms with van der Waals surface area (Å²) in [7, 11) is -3.92. The Kier molecular flexibility index (Phi) is 3.62. The van der Waals surface area contributed by atoms with Gasteiger partial charge in [-0.15, -0.1) is 0 Å². The van der Waals surface area contributed by atoms with Crippen molar-refractivity contribution in [3.8, 4) is 0 Å². The first-order valence-electron chi connectivity index (χ1n) is 6.60. The van der Waals surface area contributed by atoms with E-state index in [-0.39, 0.29) is 26.5 Å². The average Bonchev–Trinajstić information content (AvgIpc) is 2.89. The van der Waals surface area contributed by atoms with Crippen LogP contribution in [-0.4, -0.2) is 23.3 Å². The number of nitrogens with zero attached hydrogens (tertiary/aromatic N) is 2. The highest BCUT2D eigenvalue weighted by atomic mass is 35.5. The number of carbonyl (C=O) groups is 1. The third-order valence-electron chi connectivity index (χ3n) is 3.45. The molecule has 0 aliphatic rings. The second-order valence-corrected chi connectivity index (χ2v) is 7.23. The summed E-state index contributed by atoms with van der Waals surface area (Å²) in [5.74, 6) is -0.775. The fraction of sp³-hybridized carbons (Fsp3) is 0.0667. The fourth-order valence-electron chi connectivity index (χ4n) is 2.28. The van der Waals surface area contributed by atoms with Crippen LogP contribution in [0, 0.1) is 6.92 Å². The molecule has 0 saturated carbocycles. The summed E-state index contributed by atoms with van der Waals surface area (Å²) in [6.07, 6.45) is 2.53. The quantitative estimate of drug-likeness (QED) is 0.785. The first-order chi connectivity index (χ1) is 10.8. The molecule has 0 aliphatic heterocycles. The van der Waals surface area contributed by atoms with E-state index in [0.29, 0.717) is 0 Å². The van der Waals surface area contributed by atoms with Gasteiger partial charge in [0.05, 0.1) is 20.9 Å². The zero-order valence-electron chi connectivity index (χ0n) is 12.0. The van der Waals surface area contributed by atoms with E-state index >= 15 is 0 Å². The van der Waals surface area contributed by atoms with Gasteiger partial charge >= 0.3 is 0 Å². The molecule has 6 nitrogen and oxygen atoms in total. The van der Waals surface area contributed by atoms with Gasteiger partial charge in [-0.1, -0.05) is 29.3 Å². The van der Waals surface area contributed by atoms with Crippen LogP contribution in [0.1, 0.15) is 15.9 Å². The standard InChI is InChI=1S/C15H12ClN3O3S/c1-9-2-4-10(5-3-9)23(21,22)19-8-11(14(17)20)13-12(16)6-7-18-15(13)19/h2-8H,1H3,(H2,17,20). The highest BCUT2D eigenvalue weighted by Gasteiger charge is 2.25. The Bertz CT molecular complexity index is 1020. The van der Waals surface area contributed by atoms with E-state index in [2.05, 4.69) is 4.98 Å². The second kappa shape index (κ2) is 5.36. The monoisotopic (exact) mass is 349 g/mol. The number of hydrogen-bond donors (Lipinski definition) is 1. The minimum atomic E-state index is -3.92. The lowest BCUT2D eigenvalue weighted by Crippen LogP contribution is -2.13. The smallest absolute Gasteiger partial charge is 0.269 e. The minimum Gasteiger partial charge on any atom is -0.366 e. The lowest BCUT2D eigenvalue weighted by atomic mass is 10.2.